The molecular weight excluding hydrogens is 256 g/mol. The topological polar surface area (TPSA) is 78.4 Å². The number of carbonyl (C=O) groups is 2. The number of rotatable bonds is 10. The predicted molar refractivity (Wildman–Crippen MR) is 78.6 cm³/mol. The Hall–Kier alpha value is -1.26. The third-order valence-electron chi connectivity index (χ3n) is 4.01. The monoisotopic (exact) mass is 284 g/mol. The Balaban J connectivity index is 2.08. The van der Waals surface area contributed by atoms with E-state index >= 15 is 0 Å². The van der Waals surface area contributed by atoms with Crippen molar-refractivity contribution < 1.29 is 14.7 Å². The molecule has 116 valence electrons. The second-order valence-corrected chi connectivity index (χ2v) is 6.14. The van der Waals surface area contributed by atoms with Crippen LogP contribution in [0.25, 0.3) is 0 Å². The van der Waals surface area contributed by atoms with Crippen molar-refractivity contribution in [1.82, 2.24) is 10.6 Å². The average Bonchev–Trinajstić information content (AvgIpc) is 3.16. The van der Waals surface area contributed by atoms with Crippen LogP contribution in [0.15, 0.2) is 0 Å². The summed E-state index contributed by atoms with van der Waals surface area (Å²) in [6, 6.07) is -0.105. The molecule has 0 aromatic carbocycles. The number of urea groups is 1. The van der Waals surface area contributed by atoms with Gasteiger partial charge in [0.05, 0.1) is 0 Å². The third-order valence-corrected chi connectivity index (χ3v) is 4.01. The van der Waals surface area contributed by atoms with Crippen molar-refractivity contribution in [1.29, 1.82) is 0 Å². The second-order valence-electron chi connectivity index (χ2n) is 6.14. The predicted octanol–water partition coefficient (Wildman–Crippen LogP) is 2.61. The molecule has 20 heavy (non-hydrogen) atoms. The van der Waals surface area contributed by atoms with Gasteiger partial charge in [-0.05, 0) is 37.0 Å². The Morgan fingerprint density at radius 3 is 2.35 bits per heavy atom. The highest BCUT2D eigenvalue weighted by molar-refractivity contribution is 5.73. The van der Waals surface area contributed by atoms with E-state index in [1.54, 1.807) is 0 Å². The van der Waals surface area contributed by atoms with Gasteiger partial charge in [-0.2, -0.15) is 0 Å². The lowest BCUT2D eigenvalue weighted by molar-refractivity contribution is -0.137. The molecule has 1 unspecified atom stereocenters. The summed E-state index contributed by atoms with van der Waals surface area (Å²) in [6.07, 6.45) is 5.42. The number of carboxylic acids is 1. The van der Waals surface area contributed by atoms with Crippen molar-refractivity contribution in [2.24, 2.45) is 17.8 Å². The van der Waals surface area contributed by atoms with Gasteiger partial charge in [-0.1, -0.05) is 26.7 Å². The molecule has 1 aliphatic rings. The molecule has 0 saturated heterocycles. The number of hydrogen-bond donors (Lipinski definition) is 3. The van der Waals surface area contributed by atoms with Gasteiger partial charge >= 0.3 is 12.0 Å². The number of carbonyl (C=O) groups excluding carboxylic acids is 1. The molecule has 0 radical (unpaired) electrons. The normalized spacial score (nSPS) is 15.9. The summed E-state index contributed by atoms with van der Waals surface area (Å²) >= 11 is 0. The average molecular weight is 284 g/mol. The van der Waals surface area contributed by atoms with E-state index in [1.807, 2.05) is 0 Å². The zero-order chi connectivity index (χ0) is 15.0. The zero-order valence-corrected chi connectivity index (χ0v) is 12.7. The van der Waals surface area contributed by atoms with Crippen molar-refractivity contribution in [2.75, 3.05) is 13.1 Å². The lowest BCUT2D eigenvalue weighted by atomic mass is 9.88. The molecule has 1 aliphatic carbocycles. The van der Waals surface area contributed by atoms with E-state index < -0.39 is 5.97 Å². The first-order valence-corrected chi connectivity index (χ1v) is 7.72. The minimum Gasteiger partial charge on any atom is -0.481 e. The molecule has 0 bridgehead atoms. The molecule has 0 spiro atoms. The van der Waals surface area contributed by atoms with Crippen molar-refractivity contribution in [3.05, 3.63) is 0 Å². The van der Waals surface area contributed by atoms with E-state index in [-0.39, 0.29) is 12.5 Å². The number of hydrogen-bond acceptors (Lipinski definition) is 2. The molecule has 0 aliphatic heterocycles. The summed E-state index contributed by atoms with van der Waals surface area (Å²) in [5.74, 6) is 0.866. The van der Waals surface area contributed by atoms with Gasteiger partial charge in [0.2, 0.25) is 0 Å². The largest absolute Gasteiger partial charge is 0.481 e. The molecule has 5 nitrogen and oxygen atoms in total. The molecule has 0 aromatic heterocycles. The molecule has 5 heteroatoms. The quantitative estimate of drug-likeness (QED) is 0.577. The van der Waals surface area contributed by atoms with E-state index in [0.29, 0.717) is 24.8 Å². The maximum atomic E-state index is 11.5. The Morgan fingerprint density at radius 2 is 1.80 bits per heavy atom. The van der Waals surface area contributed by atoms with Crippen LogP contribution in [0.3, 0.4) is 0 Å². The molecular formula is C15H28N2O3. The minimum absolute atomic E-state index is 0.105. The molecule has 1 saturated carbocycles. The summed E-state index contributed by atoms with van der Waals surface area (Å²) in [5.41, 5.74) is 0. The van der Waals surface area contributed by atoms with Crippen LogP contribution in [-0.4, -0.2) is 30.2 Å². The lowest BCUT2D eigenvalue weighted by Gasteiger charge is -2.20. The Labute approximate surface area is 121 Å². The second kappa shape index (κ2) is 8.82. The molecule has 1 rings (SSSR count). The first-order valence-electron chi connectivity index (χ1n) is 7.72. The van der Waals surface area contributed by atoms with Gasteiger partial charge < -0.3 is 15.7 Å². The van der Waals surface area contributed by atoms with Crippen molar-refractivity contribution in [3.63, 3.8) is 0 Å². The van der Waals surface area contributed by atoms with Crippen molar-refractivity contribution in [2.45, 2.75) is 52.4 Å². The number of aliphatic carboxylic acids is 1. The van der Waals surface area contributed by atoms with Crippen LogP contribution in [0.5, 0.6) is 0 Å². The van der Waals surface area contributed by atoms with Crippen LogP contribution in [0.2, 0.25) is 0 Å². The van der Waals surface area contributed by atoms with Crippen LogP contribution >= 0.6 is 0 Å². The fraction of sp³-hybridized carbons (Fsp3) is 0.867. The number of nitrogens with one attached hydrogen (secondary N) is 2. The molecule has 0 aromatic rings. The fourth-order valence-corrected chi connectivity index (χ4v) is 2.35. The van der Waals surface area contributed by atoms with Gasteiger partial charge in [-0.3, -0.25) is 4.79 Å². The van der Waals surface area contributed by atoms with E-state index in [0.717, 1.165) is 25.3 Å². The zero-order valence-electron chi connectivity index (χ0n) is 12.7. The van der Waals surface area contributed by atoms with Gasteiger partial charge in [0, 0.05) is 19.5 Å². The van der Waals surface area contributed by atoms with E-state index in [1.165, 1.54) is 12.8 Å². The van der Waals surface area contributed by atoms with Gasteiger partial charge in [-0.25, -0.2) is 4.79 Å². The van der Waals surface area contributed by atoms with Crippen LogP contribution in [-0.2, 0) is 4.79 Å². The highest BCUT2D eigenvalue weighted by Gasteiger charge is 2.20. The highest BCUT2D eigenvalue weighted by Crippen LogP contribution is 2.31. The van der Waals surface area contributed by atoms with Gasteiger partial charge in [0.1, 0.15) is 0 Å². The van der Waals surface area contributed by atoms with Gasteiger partial charge in [0.25, 0.3) is 0 Å². The first-order chi connectivity index (χ1) is 9.49. The van der Waals surface area contributed by atoms with Gasteiger partial charge in [0.15, 0.2) is 0 Å². The lowest BCUT2D eigenvalue weighted by Crippen LogP contribution is -2.37. The summed E-state index contributed by atoms with van der Waals surface area (Å²) in [5, 5.41) is 14.4. The fourth-order valence-electron chi connectivity index (χ4n) is 2.35. The van der Waals surface area contributed by atoms with E-state index in [2.05, 4.69) is 24.5 Å². The molecule has 3 N–H and O–H groups in total. The highest BCUT2D eigenvalue weighted by atomic mass is 16.4. The Morgan fingerprint density at radius 1 is 1.15 bits per heavy atom. The standard InChI is InChI=1S/C15H28N2O3/c1-11(2)13(5-6-14(18)19)8-10-17-15(20)16-9-7-12-3-4-12/h11-13H,3-10H2,1-2H3,(H,18,19)(H2,16,17,20). The smallest absolute Gasteiger partial charge is 0.314 e. The minimum atomic E-state index is -0.749. The van der Waals surface area contributed by atoms with E-state index in [9.17, 15) is 9.59 Å². The Kier molecular flexibility index (Phi) is 7.41. The van der Waals surface area contributed by atoms with Crippen LogP contribution in [0.4, 0.5) is 4.79 Å². The van der Waals surface area contributed by atoms with Crippen molar-refractivity contribution >= 4 is 12.0 Å². The van der Waals surface area contributed by atoms with E-state index in [4.69, 9.17) is 5.11 Å². The van der Waals surface area contributed by atoms with Crippen molar-refractivity contribution in [3.8, 4) is 0 Å². The maximum absolute atomic E-state index is 11.5. The third kappa shape index (κ3) is 8.02. The number of carboxylic acid groups (broad SMARTS) is 1. The Bertz CT molecular complexity index is 314. The SMILES string of the molecule is CC(C)C(CCNC(=O)NCCC1CC1)CCC(=O)O. The first kappa shape index (κ1) is 16.8. The molecule has 0 heterocycles. The maximum Gasteiger partial charge on any atom is 0.314 e. The summed E-state index contributed by atoms with van der Waals surface area (Å²) < 4.78 is 0. The van der Waals surface area contributed by atoms with Crippen LogP contribution in [0.1, 0.15) is 52.4 Å². The van der Waals surface area contributed by atoms with Gasteiger partial charge in [-0.15, -0.1) is 0 Å². The van der Waals surface area contributed by atoms with Crippen LogP contribution < -0.4 is 10.6 Å². The number of amides is 2. The summed E-state index contributed by atoms with van der Waals surface area (Å²) in [7, 11) is 0. The molecule has 1 atom stereocenters. The summed E-state index contributed by atoms with van der Waals surface area (Å²) in [4.78, 5) is 22.2. The summed E-state index contributed by atoms with van der Waals surface area (Å²) in [6.45, 7) is 5.56. The van der Waals surface area contributed by atoms with Crippen LogP contribution in [0, 0.1) is 17.8 Å². The molecule has 2 amide bonds. The molecule has 1 fully saturated rings.